The summed E-state index contributed by atoms with van der Waals surface area (Å²) in [6.07, 6.45) is 0. The summed E-state index contributed by atoms with van der Waals surface area (Å²) in [5.74, 6) is 0.712. The number of fused-ring (bicyclic) bond motifs is 2. The molecule has 0 radical (unpaired) electrons. The molecule has 4 aromatic carbocycles. The number of benzene rings is 4. The van der Waals surface area contributed by atoms with Crippen molar-refractivity contribution in [2.75, 3.05) is 12.0 Å². The molecule has 0 atom stereocenters. The van der Waals surface area contributed by atoms with Crippen LogP contribution < -0.4 is 9.64 Å². The third kappa shape index (κ3) is 3.76. The predicted octanol–water partition coefficient (Wildman–Crippen LogP) is 6.31. The quantitative estimate of drug-likeness (QED) is 0.332. The van der Waals surface area contributed by atoms with Gasteiger partial charge in [-0.2, -0.15) is 0 Å². The Bertz CT molecular complexity index is 1370. The molecule has 4 nitrogen and oxygen atoms in total. The van der Waals surface area contributed by atoms with Gasteiger partial charge in [0.25, 0.3) is 5.91 Å². The van der Waals surface area contributed by atoms with E-state index in [0.29, 0.717) is 17.2 Å². The van der Waals surface area contributed by atoms with Gasteiger partial charge in [-0.15, -0.1) is 0 Å². The number of hydrogen-bond acceptors (Lipinski definition) is 4. The van der Waals surface area contributed by atoms with E-state index >= 15 is 0 Å². The minimum atomic E-state index is -0.0633. The van der Waals surface area contributed by atoms with Crippen LogP contribution in [-0.2, 0) is 6.54 Å². The number of carbonyl (C=O) groups is 1. The molecule has 31 heavy (non-hydrogen) atoms. The van der Waals surface area contributed by atoms with Gasteiger partial charge in [0, 0.05) is 5.56 Å². The molecule has 5 rings (SSSR count). The largest absolute Gasteiger partial charge is 0.497 e. The number of amides is 1. The Balaban J connectivity index is 1.62. The number of anilines is 1. The Hall–Kier alpha value is -3.70. The molecule has 5 heteroatoms. The van der Waals surface area contributed by atoms with Gasteiger partial charge in [0.05, 0.1) is 23.9 Å². The van der Waals surface area contributed by atoms with Crippen LogP contribution in [0.1, 0.15) is 15.9 Å². The SMILES string of the molecule is COc1ccc2nc(N(Cc3ccccc3)C(=O)c3cccc4ccccc34)sc2c1. The second-order valence-corrected chi connectivity index (χ2v) is 8.24. The molecule has 0 spiro atoms. The average molecular weight is 425 g/mol. The molecule has 152 valence electrons. The summed E-state index contributed by atoms with van der Waals surface area (Å²) in [6.45, 7) is 0.444. The Morgan fingerprint density at radius 2 is 1.71 bits per heavy atom. The van der Waals surface area contributed by atoms with Crippen molar-refractivity contribution in [1.82, 2.24) is 4.98 Å². The van der Waals surface area contributed by atoms with E-state index in [-0.39, 0.29) is 5.91 Å². The van der Waals surface area contributed by atoms with E-state index in [9.17, 15) is 4.79 Å². The van der Waals surface area contributed by atoms with E-state index in [4.69, 9.17) is 9.72 Å². The van der Waals surface area contributed by atoms with Crippen LogP contribution in [0.4, 0.5) is 5.13 Å². The maximum absolute atomic E-state index is 13.8. The summed E-state index contributed by atoms with van der Waals surface area (Å²) in [4.78, 5) is 20.4. The fourth-order valence-electron chi connectivity index (χ4n) is 3.68. The number of carbonyl (C=O) groups excluding carboxylic acids is 1. The van der Waals surface area contributed by atoms with Gasteiger partial charge < -0.3 is 4.74 Å². The van der Waals surface area contributed by atoms with Crippen LogP contribution in [0.2, 0.25) is 0 Å². The Kier molecular flexibility index (Phi) is 5.10. The minimum absolute atomic E-state index is 0.0633. The summed E-state index contributed by atoms with van der Waals surface area (Å²) < 4.78 is 6.34. The standard InChI is InChI=1S/C26H20N2O2S/c1-30-20-14-15-23-24(16-20)31-26(27-23)28(17-18-8-3-2-4-9-18)25(29)22-13-7-11-19-10-5-6-12-21(19)22/h2-16H,17H2,1H3. The highest BCUT2D eigenvalue weighted by Crippen LogP contribution is 2.33. The first-order valence-electron chi connectivity index (χ1n) is 10.0. The van der Waals surface area contributed by atoms with E-state index in [0.717, 1.165) is 32.3 Å². The number of hydrogen-bond donors (Lipinski definition) is 0. The topological polar surface area (TPSA) is 42.4 Å². The average Bonchev–Trinajstić information content (AvgIpc) is 3.25. The van der Waals surface area contributed by atoms with Gasteiger partial charge in [-0.05, 0) is 40.6 Å². The smallest absolute Gasteiger partial charge is 0.261 e. The first kappa shape index (κ1) is 19.3. The number of rotatable bonds is 5. The summed E-state index contributed by atoms with van der Waals surface area (Å²) in [7, 11) is 1.65. The number of aromatic nitrogens is 1. The molecule has 0 saturated carbocycles. The summed E-state index contributed by atoms with van der Waals surface area (Å²) in [5, 5.41) is 2.66. The monoisotopic (exact) mass is 424 g/mol. The molecule has 1 aromatic heterocycles. The molecule has 0 fully saturated rings. The van der Waals surface area contributed by atoms with E-state index < -0.39 is 0 Å². The van der Waals surface area contributed by atoms with Crippen LogP contribution in [0, 0.1) is 0 Å². The molecule has 0 unspecified atom stereocenters. The highest BCUT2D eigenvalue weighted by molar-refractivity contribution is 7.22. The number of methoxy groups -OCH3 is 1. The van der Waals surface area contributed by atoms with Crippen molar-refractivity contribution < 1.29 is 9.53 Å². The second kappa shape index (κ2) is 8.20. The van der Waals surface area contributed by atoms with E-state index in [1.165, 1.54) is 11.3 Å². The molecule has 0 saturated heterocycles. The molecule has 0 N–H and O–H groups in total. The van der Waals surface area contributed by atoms with Crippen LogP contribution >= 0.6 is 11.3 Å². The lowest BCUT2D eigenvalue weighted by Gasteiger charge is -2.21. The van der Waals surface area contributed by atoms with Crippen molar-refractivity contribution in [3.8, 4) is 5.75 Å². The molecule has 1 amide bonds. The minimum Gasteiger partial charge on any atom is -0.497 e. The van der Waals surface area contributed by atoms with Crippen LogP contribution in [0.15, 0.2) is 91.0 Å². The van der Waals surface area contributed by atoms with E-state index in [1.807, 2.05) is 91.0 Å². The molecule has 0 aliphatic heterocycles. The molecule has 0 bridgehead atoms. The van der Waals surface area contributed by atoms with Crippen LogP contribution in [0.25, 0.3) is 21.0 Å². The predicted molar refractivity (Wildman–Crippen MR) is 127 cm³/mol. The normalized spacial score (nSPS) is 11.0. The maximum Gasteiger partial charge on any atom is 0.261 e. The third-order valence-electron chi connectivity index (χ3n) is 5.26. The number of thiazole rings is 1. The Morgan fingerprint density at radius 3 is 2.55 bits per heavy atom. The lowest BCUT2D eigenvalue weighted by atomic mass is 10.0. The first-order valence-corrected chi connectivity index (χ1v) is 10.8. The molecule has 0 aliphatic rings. The third-order valence-corrected chi connectivity index (χ3v) is 6.31. The van der Waals surface area contributed by atoms with Crippen LogP contribution in [0.3, 0.4) is 0 Å². The molecule has 1 heterocycles. The molecular weight excluding hydrogens is 404 g/mol. The lowest BCUT2D eigenvalue weighted by molar-refractivity contribution is 0.0986. The van der Waals surface area contributed by atoms with Gasteiger partial charge in [0.15, 0.2) is 5.13 Å². The van der Waals surface area contributed by atoms with Crippen molar-refractivity contribution in [3.63, 3.8) is 0 Å². The molecule has 0 aliphatic carbocycles. The Labute approximate surface area is 184 Å². The zero-order valence-electron chi connectivity index (χ0n) is 17.0. The fourth-order valence-corrected chi connectivity index (χ4v) is 4.68. The maximum atomic E-state index is 13.8. The lowest BCUT2D eigenvalue weighted by Crippen LogP contribution is -2.30. The zero-order valence-corrected chi connectivity index (χ0v) is 17.8. The fraction of sp³-hybridized carbons (Fsp3) is 0.0769. The van der Waals surface area contributed by atoms with Gasteiger partial charge in [-0.3, -0.25) is 9.69 Å². The van der Waals surface area contributed by atoms with Crippen molar-refractivity contribution >= 4 is 43.4 Å². The summed E-state index contributed by atoms with van der Waals surface area (Å²) in [6, 6.07) is 29.6. The van der Waals surface area contributed by atoms with Crippen molar-refractivity contribution in [2.45, 2.75) is 6.54 Å². The van der Waals surface area contributed by atoms with Crippen molar-refractivity contribution in [2.24, 2.45) is 0 Å². The van der Waals surface area contributed by atoms with Crippen molar-refractivity contribution in [1.29, 1.82) is 0 Å². The summed E-state index contributed by atoms with van der Waals surface area (Å²) >= 11 is 1.50. The van der Waals surface area contributed by atoms with E-state index in [2.05, 4.69) is 0 Å². The molecule has 5 aromatic rings. The molecular formula is C26H20N2O2S. The highest BCUT2D eigenvalue weighted by atomic mass is 32.1. The van der Waals surface area contributed by atoms with Crippen molar-refractivity contribution in [3.05, 3.63) is 102 Å². The van der Waals surface area contributed by atoms with Crippen LogP contribution in [0.5, 0.6) is 5.75 Å². The first-order chi connectivity index (χ1) is 15.2. The number of nitrogens with zero attached hydrogens (tertiary/aromatic N) is 2. The van der Waals surface area contributed by atoms with E-state index in [1.54, 1.807) is 12.0 Å². The second-order valence-electron chi connectivity index (χ2n) is 7.23. The van der Waals surface area contributed by atoms with Gasteiger partial charge in [0.2, 0.25) is 0 Å². The van der Waals surface area contributed by atoms with Crippen LogP contribution in [-0.4, -0.2) is 18.0 Å². The van der Waals surface area contributed by atoms with Gasteiger partial charge in [-0.1, -0.05) is 78.1 Å². The van der Waals surface area contributed by atoms with Gasteiger partial charge in [-0.25, -0.2) is 4.98 Å². The highest BCUT2D eigenvalue weighted by Gasteiger charge is 2.23. The Morgan fingerprint density at radius 1 is 0.935 bits per heavy atom. The van der Waals surface area contributed by atoms with Gasteiger partial charge in [0.1, 0.15) is 5.75 Å². The summed E-state index contributed by atoms with van der Waals surface area (Å²) in [5.41, 5.74) is 2.57. The number of ether oxygens (including phenoxy) is 1. The van der Waals surface area contributed by atoms with Gasteiger partial charge >= 0.3 is 0 Å². The zero-order chi connectivity index (χ0) is 21.2.